The van der Waals surface area contributed by atoms with E-state index in [-0.39, 0.29) is 5.91 Å². The molecule has 2 aromatic rings. The van der Waals surface area contributed by atoms with Crippen molar-refractivity contribution in [1.29, 1.82) is 0 Å². The van der Waals surface area contributed by atoms with Gasteiger partial charge in [-0.15, -0.1) is 0 Å². The van der Waals surface area contributed by atoms with E-state index in [1.807, 2.05) is 6.92 Å². The summed E-state index contributed by atoms with van der Waals surface area (Å²) in [5, 5.41) is 23.2. The first-order chi connectivity index (χ1) is 11.7. The number of carbonyl (C=O) groups excluding carboxylic acids is 1. The van der Waals surface area contributed by atoms with Crippen LogP contribution in [0.5, 0.6) is 0 Å². The zero-order valence-corrected chi connectivity index (χ0v) is 13.2. The molecule has 1 aromatic heterocycles. The van der Waals surface area contributed by atoms with Crippen molar-refractivity contribution in [1.82, 2.24) is 15.6 Å². The summed E-state index contributed by atoms with van der Waals surface area (Å²) in [4.78, 5) is 12.2. The van der Waals surface area contributed by atoms with E-state index in [0.29, 0.717) is 36.4 Å². The number of nitrogens with zero attached hydrogens (tertiary/aromatic N) is 2. The van der Waals surface area contributed by atoms with Gasteiger partial charge in [-0.05, 0) is 35.3 Å². The zero-order valence-electron chi connectivity index (χ0n) is 13.2. The van der Waals surface area contributed by atoms with Gasteiger partial charge in [0.15, 0.2) is 5.82 Å². The Bertz CT molecular complexity index is 762. The molecule has 0 saturated carbocycles. The standard InChI is InChI=1S/C15H17BN4O4/c1-2-13-14(20-24-19-13)17-6-7-18-15(21)11-4-3-10-5-8-23-16(22)12(10)9-11/h3-5,8-9,22H,2,6-7H2,1H3,(H,17,20)(H,18,21). The summed E-state index contributed by atoms with van der Waals surface area (Å²) in [5.74, 6) is 0.364. The lowest BCUT2D eigenvalue weighted by molar-refractivity contribution is 0.0955. The smallest absolute Gasteiger partial charge is 0.538 e. The summed E-state index contributed by atoms with van der Waals surface area (Å²) in [7, 11) is -1.05. The van der Waals surface area contributed by atoms with Crippen LogP contribution in [-0.4, -0.2) is 41.5 Å². The van der Waals surface area contributed by atoms with E-state index >= 15 is 0 Å². The number of fused-ring (bicyclic) bond motifs is 1. The number of aromatic nitrogens is 2. The molecule has 1 amide bonds. The molecule has 124 valence electrons. The summed E-state index contributed by atoms with van der Waals surface area (Å²) in [6.45, 7) is 2.85. The Kier molecular flexibility index (Phi) is 4.81. The number of rotatable bonds is 6. The number of benzene rings is 1. The number of carbonyl (C=O) groups is 1. The fraction of sp³-hybridized carbons (Fsp3) is 0.267. The van der Waals surface area contributed by atoms with Gasteiger partial charge in [0.1, 0.15) is 5.69 Å². The van der Waals surface area contributed by atoms with Crippen molar-refractivity contribution in [3.05, 3.63) is 41.3 Å². The van der Waals surface area contributed by atoms with E-state index in [2.05, 4.69) is 25.6 Å². The van der Waals surface area contributed by atoms with Gasteiger partial charge in [-0.1, -0.05) is 18.1 Å². The Labute approximate surface area is 139 Å². The monoisotopic (exact) mass is 328 g/mol. The van der Waals surface area contributed by atoms with Crippen molar-refractivity contribution in [2.24, 2.45) is 0 Å². The second-order valence-electron chi connectivity index (χ2n) is 5.23. The lowest BCUT2D eigenvalue weighted by Gasteiger charge is -2.15. The van der Waals surface area contributed by atoms with Gasteiger partial charge in [0.2, 0.25) is 0 Å². The van der Waals surface area contributed by atoms with Crippen molar-refractivity contribution >= 4 is 30.4 Å². The quantitative estimate of drug-likeness (QED) is 0.512. The number of hydrogen-bond acceptors (Lipinski definition) is 7. The van der Waals surface area contributed by atoms with Gasteiger partial charge in [-0.3, -0.25) is 4.79 Å². The molecule has 9 heteroatoms. The third-order valence-electron chi connectivity index (χ3n) is 3.66. The third-order valence-corrected chi connectivity index (χ3v) is 3.66. The molecular formula is C15H17BN4O4. The molecule has 3 rings (SSSR count). The molecule has 0 bridgehead atoms. The summed E-state index contributed by atoms with van der Waals surface area (Å²) >= 11 is 0. The lowest BCUT2D eigenvalue weighted by atomic mass is 9.74. The number of nitrogens with one attached hydrogen (secondary N) is 2. The van der Waals surface area contributed by atoms with Gasteiger partial charge >= 0.3 is 7.12 Å². The van der Waals surface area contributed by atoms with Crippen molar-refractivity contribution in [2.75, 3.05) is 18.4 Å². The maximum absolute atomic E-state index is 12.2. The normalized spacial score (nSPS) is 12.5. The molecular weight excluding hydrogens is 311 g/mol. The van der Waals surface area contributed by atoms with Crippen LogP contribution < -0.4 is 16.1 Å². The second-order valence-corrected chi connectivity index (χ2v) is 5.23. The molecule has 1 aliphatic rings. The minimum absolute atomic E-state index is 0.227. The summed E-state index contributed by atoms with van der Waals surface area (Å²) in [5.41, 5.74) is 2.62. The highest BCUT2D eigenvalue weighted by Gasteiger charge is 2.24. The Morgan fingerprint density at radius 1 is 1.33 bits per heavy atom. The highest BCUT2D eigenvalue weighted by Crippen LogP contribution is 2.10. The van der Waals surface area contributed by atoms with E-state index in [9.17, 15) is 9.82 Å². The fourth-order valence-corrected chi connectivity index (χ4v) is 2.37. The number of hydrogen-bond donors (Lipinski definition) is 3. The average Bonchev–Trinajstić information content (AvgIpc) is 3.06. The molecule has 8 nitrogen and oxygen atoms in total. The largest absolute Gasteiger partial charge is 0.560 e. The van der Waals surface area contributed by atoms with Crippen molar-refractivity contribution in [3.63, 3.8) is 0 Å². The second kappa shape index (κ2) is 7.18. The van der Waals surface area contributed by atoms with Crippen molar-refractivity contribution in [3.8, 4) is 0 Å². The van der Waals surface area contributed by atoms with Gasteiger partial charge in [-0.25, -0.2) is 4.63 Å². The predicted molar refractivity (Wildman–Crippen MR) is 88.7 cm³/mol. The zero-order chi connectivity index (χ0) is 16.9. The maximum atomic E-state index is 12.2. The van der Waals surface area contributed by atoms with Crippen molar-refractivity contribution < 1.29 is 19.1 Å². The SMILES string of the molecule is CCc1nonc1NCCNC(=O)c1ccc2c(c1)B(O)OC=C2. The lowest BCUT2D eigenvalue weighted by Crippen LogP contribution is -2.37. The van der Waals surface area contributed by atoms with Gasteiger partial charge in [0.05, 0.1) is 6.26 Å². The first-order valence-corrected chi connectivity index (χ1v) is 7.66. The Morgan fingerprint density at radius 3 is 3.04 bits per heavy atom. The van der Waals surface area contributed by atoms with E-state index in [4.69, 9.17) is 4.65 Å². The molecule has 0 atom stereocenters. The summed E-state index contributed by atoms with van der Waals surface area (Å²) in [6, 6.07) is 5.11. The van der Waals surface area contributed by atoms with Crippen LogP contribution >= 0.6 is 0 Å². The Morgan fingerprint density at radius 2 is 2.21 bits per heavy atom. The molecule has 0 saturated heterocycles. The van der Waals surface area contributed by atoms with Gasteiger partial charge in [0.25, 0.3) is 5.91 Å². The van der Waals surface area contributed by atoms with Gasteiger partial charge in [0, 0.05) is 24.1 Å². The number of anilines is 1. The fourth-order valence-electron chi connectivity index (χ4n) is 2.37. The Balaban J connectivity index is 1.54. The number of amides is 1. The molecule has 24 heavy (non-hydrogen) atoms. The predicted octanol–water partition coefficient (Wildman–Crippen LogP) is 0.162. The van der Waals surface area contributed by atoms with Gasteiger partial charge < -0.3 is 20.3 Å². The van der Waals surface area contributed by atoms with Crippen LogP contribution in [0, 0.1) is 0 Å². The van der Waals surface area contributed by atoms with Crippen LogP contribution in [0.4, 0.5) is 5.82 Å². The van der Waals surface area contributed by atoms with Crippen molar-refractivity contribution in [2.45, 2.75) is 13.3 Å². The molecule has 0 radical (unpaired) electrons. The first kappa shape index (κ1) is 16.1. The topological polar surface area (TPSA) is 110 Å². The molecule has 0 spiro atoms. The van der Waals surface area contributed by atoms with Crippen LogP contribution in [0.1, 0.15) is 28.5 Å². The van der Waals surface area contributed by atoms with Crippen LogP contribution in [0.25, 0.3) is 6.08 Å². The summed E-state index contributed by atoms with van der Waals surface area (Å²) < 4.78 is 9.67. The van der Waals surface area contributed by atoms with E-state index in [1.165, 1.54) is 6.26 Å². The van der Waals surface area contributed by atoms with Crippen LogP contribution in [-0.2, 0) is 11.1 Å². The van der Waals surface area contributed by atoms with E-state index in [1.54, 1.807) is 24.3 Å². The van der Waals surface area contributed by atoms with Crippen LogP contribution in [0.2, 0.25) is 0 Å². The Hall–Kier alpha value is -2.81. The molecule has 0 aliphatic carbocycles. The number of aryl methyl sites for hydroxylation is 1. The van der Waals surface area contributed by atoms with Gasteiger partial charge in [-0.2, -0.15) is 0 Å². The maximum Gasteiger partial charge on any atom is 0.560 e. The van der Waals surface area contributed by atoms with E-state index < -0.39 is 7.12 Å². The minimum Gasteiger partial charge on any atom is -0.538 e. The first-order valence-electron chi connectivity index (χ1n) is 7.66. The highest BCUT2D eigenvalue weighted by molar-refractivity contribution is 6.61. The molecule has 2 heterocycles. The van der Waals surface area contributed by atoms with Crippen LogP contribution in [0.15, 0.2) is 29.1 Å². The molecule has 3 N–H and O–H groups in total. The third kappa shape index (κ3) is 3.41. The highest BCUT2D eigenvalue weighted by atomic mass is 16.6. The van der Waals surface area contributed by atoms with Crippen LogP contribution in [0.3, 0.4) is 0 Å². The van der Waals surface area contributed by atoms with E-state index in [0.717, 1.165) is 11.3 Å². The average molecular weight is 328 g/mol. The molecule has 1 aliphatic heterocycles. The molecule has 1 aromatic carbocycles. The summed E-state index contributed by atoms with van der Waals surface area (Å²) in [6.07, 6.45) is 3.89. The minimum atomic E-state index is -1.05. The molecule has 0 fully saturated rings. The molecule has 0 unspecified atom stereocenters.